The lowest BCUT2D eigenvalue weighted by molar-refractivity contribution is -0.384. The molecule has 3 rings (SSSR count). The average molecular weight is 448 g/mol. The van der Waals surface area contributed by atoms with Crippen molar-refractivity contribution < 1.29 is 9.72 Å². The number of rotatable bonds is 5. The van der Waals surface area contributed by atoms with Crippen LogP contribution in [-0.2, 0) is 4.79 Å². The first-order valence-electron chi connectivity index (χ1n) is 10.1. The van der Waals surface area contributed by atoms with Crippen molar-refractivity contribution in [2.45, 2.75) is 33.6 Å². The molecule has 1 atom stereocenters. The van der Waals surface area contributed by atoms with Crippen LogP contribution in [0.4, 0.5) is 11.4 Å². The Bertz CT molecular complexity index is 1030. The van der Waals surface area contributed by atoms with Crippen molar-refractivity contribution in [3.05, 3.63) is 56.0 Å². The Hall–Kier alpha value is -2.94. The predicted molar refractivity (Wildman–Crippen MR) is 119 cm³/mol. The number of benzene rings is 1. The first-order chi connectivity index (χ1) is 14.6. The minimum atomic E-state index is -0.507. The number of nitrogens with zero attached hydrogens (tertiary/aromatic N) is 4. The third-order valence-electron chi connectivity index (χ3n) is 5.30. The first kappa shape index (κ1) is 22.7. The molecule has 0 saturated carbocycles. The van der Waals surface area contributed by atoms with Gasteiger partial charge in [0.15, 0.2) is 0 Å². The number of nitrogens with one attached hydrogen (secondary N) is 1. The van der Waals surface area contributed by atoms with E-state index in [2.05, 4.69) is 10.4 Å². The maximum Gasteiger partial charge on any atom is 0.292 e. The van der Waals surface area contributed by atoms with Crippen molar-refractivity contribution >= 4 is 28.9 Å². The standard InChI is InChI=1S/C21H26ClN5O4/c1-21(2,3)20(29)23-11-14-5-4-10-25(13-14)17-12-24-26(19(28)18(17)22)15-6-8-16(9-7-15)27(30)31/h6-9,12,14H,4-5,10-11,13H2,1-3H3,(H,23,29). The highest BCUT2D eigenvalue weighted by molar-refractivity contribution is 6.33. The monoisotopic (exact) mass is 447 g/mol. The van der Waals surface area contributed by atoms with Crippen molar-refractivity contribution in [2.75, 3.05) is 24.5 Å². The van der Waals surface area contributed by atoms with E-state index in [-0.39, 0.29) is 22.5 Å². The molecule has 10 heteroatoms. The topological polar surface area (TPSA) is 110 Å². The minimum absolute atomic E-state index is 0.00928. The zero-order valence-corrected chi connectivity index (χ0v) is 18.6. The molecule has 1 aliphatic heterocycles. The van der Waals surface area contributed by atoms with E-state index in [1.165, 1.54) is 24.3 Å². The van der Waals surface area contributed by atoms with Crippen LogP contribution >= 0.6 is 11.6 Å². The number of non-ortho nitro benzene ring substituents is 1. The lowest BCUT2D eigenvalue weighted by atomic mass is 9.94. The van der Waals surface area contributed by atoms with E-state index in [4.69, 9.17) is 11.6 Å². The van der Waals surface area contributed by atoms with Crippen molar-refractivity contribution in [1.82, 2.24) is 15.1 Å². The van der Waals surface area contributed by atoms with Crippen LogP contribution in [-0.4, -0.2) is 40.2 Å². The highest BCUT2D eigenvalue weighted by Crippen LogP contribution is 2.27. The molecule has 1 saturated heterocycles. The molecule has 0 aliphatic carbocycles. The van der Waals surface area contributed by atoms with Gasteiger partial charge in [-0.3, -0.25) is 19.7 Å². The van der Waals surface area contributed by atoms with Crippen LogP contribution in [0.1, 0.15) is 33.6 Å². The van der Waals surface area contributed by atoms with Gasteiger partial charge in [0.2, 0.25) is 5.91 Å². The third-order valence-corrected chi connectivity index (χ3v) is 5.65. The van der Waals surface area contributed by atoms with Crippen LogP contribution in [0.25, 0.3) is 5.69 Å². The number of aromatic nitrogens is 2. The summed E-state index contributed by atoms with van der Waals surface area (Å²) in [5.74, 6) is 0.253. The molecule has 1 N–H and O–H groups in total. The molecule has 1 aromatic carbocycles. The number of nitro benzene ring substituents is 1. The Labute approximate surface area is 185 Å². The van der Waals surface area contributed by atoms with Crippen molar-refractivity contribution in [1.29, 1.82) is 0 Å². The number of hydrogen-bond acceptors (Lipinski definition) is 6. The number of carbonyl (C=O) groups excluding carboxylic acids is 1. The second kappa shape index (κ2) is 9.05. The SMILES string of the molecule is CC(C)(C)C(=O)NCC1CCCN(c2cnn(-c3ccc([N+](=O)[O-])cc3)c(=O)c2Cl)C1. The van der Waals surface area contributed by atoms with E-state index >= 15 is 0 Å². The van der Waals surface area contributed by atoms with Gasteiger partial charge in [-0.2, -0.15) is 9.78 Å². The summed E-state index contributed by atoms with van der Waals surface area (Å²) in [5, 5.41) is 18.1. The lowest BCUT2D eigenvalue weighted by Gasteiger charge is -2.35. The Morgan fingerprint density at radius 2 is 2.00 bits per heavy atom. The highest BCUT2D eigenvalue weighted by atomic mass is 35.5. The maximum atomic E-state index is 12.8. The smallest absolute Gasteiger partial charge is 0.292 e. The van der Waals surface area contributed by atoms with E-state index < -0.39 is 15.9 Å². The zero-order chi connectivity index (χ0) is 22.8. The predicted octanol–water partition coefficient (Wildman–Crippen LogP) is 3.17. The maximum absolute atomic E-state index is 12.8. The van der Waals surface area contributed by atoms with Crippen LogP contribution in [0.15, 0.2) is 35.3 Å². The van der Waals surface area contributed by atoms with E-state index in [1.54, 1.807) is 6.20 Å². The van der Waals surface area contributed by atoms with Crippen molar-refractivity contribution in [3.8, 4) is 5.69 Å². The van der Waals surface area contributed by atoms with Gasteiger partial charge in [-0.15, -0.1) is 0 Å². The van der Waals surface area contributed by atoms with Gasteiger partial charge in [-0.1, -0.05) is 32.4 Å². The van der Waals surface area contributed by atoms with Gasteiger partial charge in [-0.05, 0) is 30.9 Å². The van der Waals surface area contributed by atoms with Gasteiger partial charge in [0.05, 0.1) is 22.5 Å². The molecule has 0 bridgehead atoms. The van der Waals surface area contributed by atoms with Gasteiger partial charge < -0.3 is 10.2 Å². The van der Waals surface area contributed by atoms with E-state index in [0.717, 1.165) is 24.1 Å². The fourth-order valence-corrected chi connectivity index (χ4v) is 3.75. The molecule has 0 spiro atoms. The second-order valence-corrected chi connectivity index (χ2v) is 9.13. The molecule has 1 amide bonds. The number of carbonyl (C=O) groups is 1. The molecule has 1 aliphatic rings. The zero-order valence-electron chi connectivity index (χ0n) is 17.8. The largest absolute Gasteiger partial charge is 0.369 e. The molecular formula is C21H26ClN5O4. The molecule has 2 aromatic rings. The molecule has 31 heavy (non-hydrogen) atoms. The summed E-state index contributed by atoms with van der Waals surface area (Å²) >= 11 is 6.41. The van der Waals surface area contributed by atoms with Crippen LogP contribution in [0.2, 0.25) is 5.02 Å². The van der Waals surface area contributed by atoms with Gasteiger partial charge in [0, 0.05) is 37.2 Å². The summed E-state index contributed by atoms with van der Waals surface area (Å²) in [5.41, 5.74) is -0.0556. The van der Waals surface area contributed by atoms with Crippen LogP contribution in [0, 0.1) is 21.4 Å². The molecule has 0 radical (unpaired) electrons. The number of hydrogen-bond donors (Lipinski definition) is 1. The molecule has 1 aromatic heterocycles. The average Bonchev–Trinajstić information content (AvgIpc) is 2.73. The van der Waals surface area contributed by atoms with Crippen LogP contribution in [0.5, 0.6) is 0 Å². The van der Waals surface area contributed by atoms with Gasteiger partial charge >= 0.3 is 0 Å². The Morgan fingerprint density at radius 3 is 2.61 bits per heavy atom. The number of halogens is 1. The van der Waals surface area contributed by atoms with Crippen LogP contribution in [0.3, 0.4) is 0 Å². The summed E-state index contributed by atoms with van der Waals surface area (Å²) in [6.45, 7) is 7.60. The second-order valence-electron chi connectivity index (χ2n) is 8.75. The van der Waals surface area contributed by atoms with E-state index in [9.17, 15) is 19.7 Å². The normalized spacial score (nSPS) is 16.8. The van der Waals surface area contributed by atoms with E-state index in [0.29, 0.717) is 24.5 Å². The molecule has 166 valence electrons. The van der Waals surface area contributed by atoms with Crippen LogP contribution < -0.4 is 15.8 Å². The summed E-state index contributed by atoms with van der Waals surface area (Å²) in [6.07, 6.45) is 3.44. The third kappa shape index (κ3) is 5.22. The highest BCUT2D eigenvalue weighted by Gasteiger charge is 2.26. The van der Waals surface area contributed by atoms with Crippen molar-refractivity contribution in [3.63, 3.8) is 0 Å². The summed E-state index contributed by atoms with van der Waals surface area (Å²) < 4.78 is 1.13. The molecule has 9 nitrogen and oxygen atoms in total. The number of nitro groups is 1. The quantitative estimate of drug-likeness (QED) is 0.556. The van der Waals surface area contributed by atoms with Gasteiger partial charge in [0.1, 0.15) is 5.02 Å². The van der Waals surface area contributed by atoms with E-state index in [1.807, 2.05) is 25.7 Å². The summed E-state index contributed by atoms with van der Waals surface area (Å²) in [6, 6.07) is 5.54. The first-order valence-corrected chi connectivity index (χ1v) is 10.5. The number of amides is 1. The van der Waals surface area contributed by atoms with Gasteiger partial charge in [0.25, 0.3) is 11.2 Å². The molecule has 1 fully saturated rings. The Balaban J connectivity index is 1.75. The summed E-state index contributed by atoms with van der Waals surface area (Å²) in [7, 11) is 0. The molecule has 2 heterocycles. The number of piperidine rings is 1. The Morgan fingerprint density at radius 1 is 1.32 bits per heavy atom. The van der Waals surface area contributed by atoms with Crippen molar-refractivity contribution in [2.24, 2.45) is 11.3 Å². The fourth-order valence-electron chi connectivity index (χ4n) is 3.50. The molecular weight excluding hydrogens is 422 g/mol. The minimum Gasteiger partial charge on any atom is -0.369 e. The fraction of sp³-hybridized carbons (Fsp3) is 0.476. The Kier molecular flexibility index (Phi) is 6.64. The lowest BCUT2D eigenvalue weighted by Crippen LogP contribution is -2.44. The molecule has 1 unspecified atom stereocenters. The summed E-state index contributed by atoms with van der Waals surface area (Å²) in [4.78, 5) is 37.3. The number of anilines is 1. The van der Waals surface area contributed by atoms with Gasteiger partial charge in [-0.25, -0.2) is 0 Å².